The van der Waals surface area contributed by atoms with Crippen molar-refractivity contribution in [2.24, 2.45) is 0 Å². The molecular formula is C23H19ClFN3O4. The van der Waals surface area contributed by atoms with Gasteiger partial charge in [-0.3, -0.25) is 14.2 Å². The maximum atomic E-state index is 14.5. The van der Waals surface area contributed by atoms with Crippen LogP contribution in [0.1, 0.15) is 25.1 Å². The van der Waals surface area contributed by atoms with Crippen molar-refractivity contribution in [1.29, 1.82) is 0 Å². The highest BCUT2D eigenvalue weighted by molar-refractivity contribution is 6.31. The normalized spacial score (nSPS) is 12.1. The van der Waals surface area contributed by atoms with Gasteiger partial charge in [-0.05, 0) is 48.9 Å². The van der Waals surface area contributed by atoms with Crippen molar-refractivity contribution in [2.45, 2.75) is 25.9 Å². The molecule has 164 valence electrons. The number of halogens is 2. The van der Waals surface area contributed by atoms with Crippen LogP contribution in [0, 0.1) is 5.82 Å². The van der Waals surface area contributed by atoms with Crippen molar-refractivity contribution in [3.63, 3.8) is 0 Å². The monoisotopic (exact) mass is 455 g/mol. The topological polar surface area (TPSA) is 86.2 Å². The van der Waals surface area contributed by atoms with Gasteiger partial charge in [0.15, 0.2) is 0 Å². The fraction of sp³-hybridized carbons (Fsp3) is 0.174. The maximum absolute atomic E-state index is 14.5. The minimum atomic E-state index is -0.975. The summed E-state index contributed by atoms with van der Waals surface area (Å²) in [5.74, 6) is -0.641. The van der Waals surface area contributed by atoms with Gasteiger partial charge in [-0.2, -0.15) is 0 Å². The second-order valence-electron chi connectivity index (χ2n) is 7.13. The first kappa shape index (κ1) is 21.6. The Hall–Kier alpha value is -3.65. The van der Waals surface area contributed by atoms with Gasteiger partial charge in [0.25, 0.3) is 5.56 Å². The Morgan fingerprint density at radius 2 is 1.94 bits per heavy atom. The number of nitrogens with zero attached hydrogens (tertiary/aromatic N) is 2. The van der Waals surface area contributed by atoms with E-state index in [1.165, 1.54) is 47.2 Å². The lowest BCUT2D eigenvalue weighted by molar-refractivity contribution is -0.124. The molecular weight excluding hydrogens is 437 g/mol. The van der Waals surface area contributed by atoms with Crippen molar-refractivity contribution >= 4 is 28.4 Å². The number of carbonyl (C=O) groups is 1. The van der Waals surface area contributed by atoms with Crippen LogP contribution in [0.5, 0.6) is 0 Å². The first-order valence-electron chi connectivity index (χ1n) is 9.94. The molecule has 0 bridgehead atoms. The molecule has 0 saturated heterocycles. The molecule has 7 nitrogen and oxygen atoms in total. The number of hydrogen-bond donors (Lipinski definition) is 1. The van der Waals surface area contributed by atoms with Crippen LogP contribution >= 0.6 is 11.6 Å². The Balaban J connectivity index is 1.93. The largest absolute Gasteiger partial charge is 0.467 e. The third-order valence-electron chi connectivity index (χ3n) is 5.16. The summed E-state index contributed by atoms with van der Waals surface area (Å²) in [6.45, 7) is 1.86. The second-order valence-corrected chi connectivity index (χ2v) is 7.56. The number of carbonyl (C=O) groups excluding carboxylic acids is 1. The summed E-state index contributed by atoms with van der Waals surface area (Å²) in [6.07, 6.45) is 1.73. The summed E-state index contributed by atoms with van der Waals surface area (Å²) >= 11 is 6.14. The van der Waals surface area contributed by atoms with E-state index in [0.717, 1.165) is 10.6 Å². The first-order chi connectivity index (χ1) is 15.4. The van der Waals surface area contributed by atoms with Gasteiger partial charge in [0.2, 0.25) is 5.91 Å². The van der Waals surface area contributed by atoms with E-state index in [1.807, 2.05) is 0 Å². The Labute approximate surface area is 186 Å². The number of aromatic nitrogens is 2. The van der Waals surface area contributed by atoms with Crippen molar-refractivity contribution in [1.82, 2.24) is 14.5 Å². The molecule has 1 N–H and O–H groups in total. The lowest BCUT2D eigenvalue weighted by Crippen LogP contribution is -2.44. The van der Waals surface area contributed by atoms with E-state index in [9.17, 15) is 18.8 Å². The van der Waals surface area contributed by atoms with E-state index >= 15 is 0 Å². The molecule has 32 heavy (non-hydrogen) atoms. The van der Waals surface area contributed by atoms with Gasteiger partial charge < -0.3 is 9.73 Å². The molecule has 1 atom stereocenters. The number of para-hydroxylation sites is 1. The van der Waals surface area contributed by atoms with Crippen LogP contribution < -0.4 is 16.6 Å². The highest BCUT2D eigenvalue weighted by atomic mass is 35.5. The van der Waals surface area contributed by atoms with Crippen LogP contribution in [0.15, 0.2) is 74.9 Å². The molecule has 0 radical (unpaired) electrons. The highest BCUT2D eigenvalue weighted by Gasteiger charge is 2.26. The highest BCUT2D eigenvalue weighted by Crippen LogP contribution is 2.22. The van der Waals surface area contributed by atoms with Crippen LogP contribution in [0.2, 0.25) is 5.02 Å². The van der Waals surface area contributed by atoms with E-state index in [4.69, 9.17) is 16.0 Å². The number of amides is 1. The zero-order chi connectivity index (χ0) is 22.8. The van der Waals surface area contributed by atoms with Crippen LogP contribution in [0.4, 0.5) is 4.39 Å². The number of fused-ring (bicyclic) bond motifs is 1. The van der Waals surface area contributed by atoms with Gasteiger partial charge in [-0.1, -0.05) is 30.7 Å². The Kier molecular flexibility index (Phi) is 5.96. The maximum Gasteiger partial charge on any atom is 0.336 e. The third-order valence-corrected chi connectivity index (χ3v) is 5.40. The van der Waals surface area contributed by atoms with Crippen molar-refractivity contribution in [3.05, 3.63) is 98.3 Å². The zero-order valence-electron chi connectivity index (χ0n) is 17.0. The molecule has 0 fully saturated rings. The quantitative estimate of drug-likeness (QED) is 0.479. The summed E-state index contributed by atoms with van der Waals surface area (Å²) in [7, 11) is 0. The van der Waals surface area contributed by atoms with E-state index < -0.39 is 29.0 Å². The molecule has 1 amide bonds. The minimum absolute atomic E-state index is 0.128. The van der Waals surface area contributed by atoms with Crippen molar-refractivity contribution in [3.8, 4) is 5.69 Å². The molecule has 2 aromatic heterocycles. The van der Waals surface area contributed by atoms with Crippen LogP contribution in [0.3, 0.4) is 0 Å². The average Bonchev–Trinajstić information content (AvgIpc) is 3.30. The molecule has 1 unspecified atom stereocenters. The van der Waals surface area contributed by atoms with E-state index in [1.54, 1.807) is 19.1 Å². The van der Waals surface area contributed by atoms with Gasteiger partial charge in [-0.25, -0.2) is 13.8 Å². The standard InChI is InChI=1S/C23H19ClFN3O4/c1-2-18(21(29)26-13-15-6-5-11-32-15)27-20-12-14(24)9-10-16(20)22(30)28(23(27)31)19-8-4-3-7-17(19)25/h3-12,18H,2,13H2,1H3,(H,26,29). The van der Waals surface area contributed by atoms with Gasteiger partial charge in [-0.15, -0.1) is 0 Å². The van der Waals surface area contributed by atoms with Gasteiger partial charge in [0.05, 0.1) is 29.4 Å². The van der Waals surface area contributed by atoms with Crippen LogP contribution in [-0.4, -0.2) is 15.0 Å². The fourth-order valence-corrected chi connectivity index (χ4v) is 3.81. The Bertz CT molecular complexity index is 1410. The summed E-state index contributed by atoms with van der Waals surface area (Å²) in [5.41, 5.74) is -1.54. The van der Waals surface area contributed by atoms with Crippen LogP contribution in [0.25, 0.3) is 16.6 Å². The number of rotatable bonds is 6. The number of hydrogen-bond acceptors (Lipinski definition) is 4. The summed E-state index contributed by atoms with van der Waals surface area (Å²) in [4.78, 5) is 39.7. The SMILES string of the molecule is CCC(C(=O)NCc1ccco1)n1c(=O)n(-c2ccccc2F)c(=O)c2ccc(Cl)cc21. The fourth-order valence-electron chi connectivity index (χ4n) is 3.64. The van der Waals surface area contributed by atoms with Crippen molar-refractivity contribution < 1.29 is 13.6 Å². The smallest absolute Gasteiger partial charge is 0.336 e. The van der Waals surface area contributed by atoms with Gasteiger partial charge in [0, 0.05) is 5.02 Å². The average molecular weight is 456 g/mol. The molecule has 0 aliphatic heterocycles. The zero-order valence-corrected chi connectivity index (χ0v) is 17.8. The summed E-state index contributed by atoms with van der Waals surface area (Å²) < 4.78 is 21.7. The molecule has 2 heterocycles. The summed E-state index contributed by atoms with van der Waals surface area (Å²) in [5, 5.41) is 3.16. The minimum Gasteiger partial charge on any atom is -0.467 e. The van der Waals surface area contributed by atoms with Gasteiger partial charge >= 0.3 is 5.69 Å². The predicted molar refractivity (Wildman–Crippen MR) is 119 cm³/mol. The van der Waals surface area contributed by atoms with E-state index in [0.29, 0.717) is 10.8 Å². The number of furan rings is 1. The molecule has 4 aromatic rings. The second kappa shape index (κ2) is 8.84. The lowest BCUT2D eigenvalue weighted by atomic mass is 10.1. The van der Waals surface area contributed by atoms with E-state index in [-0.39, 0.29) is 29.6 Å². The van der Waals surface area contributed by atoms with Crippen molar-refractivity contribution in [2.75, 3.05) is 0 Å². The molecule has 0 saturated carbocycles. The lowest BCUT2D eigenvalue weighted by Gasteiger charge is -2.21. The first-order valence-corrected chi connectivity index (χ1v) is 10.3. The molecule has 0 aliphatic carbocycles. The summed E-state index contributed by atoms with van der Waals surface area (Å²) in [6, 6.07) is 12.3. The Morgan fingerprint density at radius 1 is 1.16 bits per heavy atom. The molecule has 0 aliphatic rings. The molecule has 0 spiro atoms. The van der Waals surface area contributed by atoms with E-state index in [2.05, 4.69) is 5.32 Å². The van der Waals surface area contributed by atoms with Gasteiger partial charge in [0.1, 0.15) is 17.6 Å². The molecule has 2 aromatic carbocycles. The third kappa shape index (κ3) is 3.85. The molecule has 4 rings (SSSR count). The molecule has 9 heteroatoms. The number of benzene rings is 2. The Morgan fingerprint density at radius 3 is 2.62 bits per heavy atom. The number of nitrogens with one attached hydrogen (secondary N) is 1. The van der Waals surface area contributed by atoms with Crippen LogP contribution in [-0.2, 0) is 11.3 Å². The predicted octanol–water partition coefficient (Wildman–Crippen LogP) is 3.81.